The third-order valence-corrected chi connectivity index (χ3v) is 3.36. The molecule has 1 N–H and O–H groups in total. The molecule has 1 aromatic carbocycles. The van der Waals surface area contributed by atoms with Crippen LogP contribution in [-0.2, 0) is 9.47 Å². The summed E-state index contributed by atoms with van der Waals surface area (Å²) in [6.45, 7) is 10.3. The van der Waals surface area contributed by atoms with E-state index in [0.29, 0.717) is 26.4 Å². The summed E-state index contributed by atoms with van der Waals surface area (Å²) >= 11 is 0. The first-order chi connectivity index (χ1) is 9.06. The first kappa shape index (κ1) is 16.2. The van der Waals surface area contributed by atoms with E-state index in [4.69, 9.17) is 9.47 Å². The second kappa shape index (κ2) is 8.31. The van der Waals surface area contributed by atoms with E-state index in [1.54, 1.807) is 0 Å². The number of ether oxygens (including phenoxy) is 2. The van der Waals surface area contributed by atoms with Crippen LogP contribution in [0, 0.1) is 13.8 Å². The molecule has 0 saturated carbocycles. The van der Waals surface area contributed by atoms with Crippen molar-refractivity contribution in [3.05, 3.63) is 34.9 Å². The molecule has 2 unspecified atom stereocenters. The maximum absolute atomic E-state index is 10.2. The summed E-state index contributed by atoms with van der Waals surface area (Å²) in [4.78, 5) is 0. The van der Waals surface area contributed by atoms with Crippen LogP contribution in [0.15, 0.2) is 18.2 Å². The average Bonchev–Trinajstić information content (AvgIpc) is 2.37. The Kier molecular flexibility index (Phi) is 7.06. The molecule has 0 aliphatic heterocycles. The number of rotatable bonds is 8. The van der Waals surface area contributed by atoms with Crippen LogP contribution in [0.5, 0.6) is 0 Å². The molecular weight excluding hydrogens is 240 g/mol. The standard InChI is InChI=1S/C16H26O3/c1-5-18-8-9-19-11-16(17)14(4)15-7-6-12(2)10-13(15)3/h6-7,10,14,16-17H,5,8-9,11H2,1-4H3. The van der Waals surface area contributed by atoms with E-state index in [0.717, 1.165) is 0 Å². The van der Waals surface area contributed by atoms with Gasteiger partial charge in [-0.15, -0.1) is 0 Å². The molecule has 0 fully saturated rings. The summed E-state index contributed by atoms with van der Waals surface area (Å²) in [6.07, 6.45) is -0.483. The Labute approximate surface area is 116 Å². The van der Waals surface area contributed by atoms with Gasteiger partial charge < -0.3 is 14.6 Å². The Balaban J connectivity index is 2.45. The van der Waals surface area contributed by atoms with Crippen molar-refractivity contribution < 1.29 is 14.6 Å². The van der Waals surface area contributed by atoms with E-state index in [1.165, 1.54) is 16.7 Å². The SMILES string of the molecule is CCOCCOCC(O)C(C)c1ccc(C)cc1C. The van der Waals surface area contributed by atoms with Crippen LogP contribution in [0.2, 0.25) is 0 Å². The van der Waals surface area contributed by atoms with Gasteiger partial charge in [0.25, 0.3) is 0 Å². The molecule has 3 heteroatoms. The minimum absolute atomic E-state index is 0.0766. The second-order valence-electron chi connectivity index (χ2n) is 4.99. The van der Waals surface area contributed by atoms with Gasteiger partial charge in [-0.25, -0.2) is 0 Å². The van der Waals surface area contributed by atoms with Gasteiger partial charge in [0.1, 0.15) is 0 Å². The van der Waals surface area contributed by atoms with Crippen LogP contribution in [-0.4, -0.2) is 37.6 Å². The van der Waals surface area contributed by atoms with Crippen LogP contribution in [0.3, 0.4) is 0 Å². The average molecular weight is 266 g/mol. The smallest absolute Gasteiger partial charge is 0.0839 e. The maximum Gasteiger partial charge on any atom is 0.0839 e. The molecule has 0 aliphatic carbocycles. The summed E-state index contributed by atoms with van der Waals surface area (Å²) < 4.78 is 10.6. The van der Waals surface area contributed by atoms with Crippen molar-refractivity contribution in [2.75, 3.05) is 26.4 Å². The molecule has 1 aromatic rings. The summed E-state index contributed by atoms with van der Waals surface area (Å²) in [5, 5.41) is 10.2. The van der Waals surface area contributed by atoms with E-state index >= 15 is 0 Å². The van der Waals surface area contributed by atoms with Gasteiger partial charge in [0, 0.05) is 12.5 Å². The molecule has 0 spiro atoms. The fourth-order valence-corrected chi connectivity index (χ4v) is 2.15. The van der Waals surface area contributed by atoms with Crippen molar-refractivity contribution in [1.29, 1.82) is 0 Å². The first-order valence-electron chi connectivity index (χ1n) is 6.97. The Morgan fingerprint density at radius 3 is 2.47 bits per heavy atom. The van der Waals surface area contributed by atoms with Gasteiger partial charge in [-0.3, -0.25) is 0 Å². The normalized spacial score (nSPS) is 14.4. The summed E-state index contributed by atoms with van der Waals surface area (Å²) in [6, 6.07) is 6.33. The molecular formula is C16H26O3. The van der Waals surface area contributed by atoms with Crippen molar-refractivity contribution >= 4 is 0 Å². The number of hydrogen-bond acceptors (Lipinski definition) is 3. The Morgan fingerprint density at radius 2 is 1.84 bits per heavy atom. The highest BCUT2D eigenvalue weighted by Crippen LogP contribution is 2.23. The van der Waals surface area contributed by atoms with Gasteiger partial charge >= 0.3 is 0 Å². The highest BCUT2D eigenvalue weighted by Gasteiger charge is 2.18. The molecule has 1 rings (SSSR count). The fourth-order valence-electron chi connectivity index (χ4n) is 2.15. The lowest BCUT2D eigenvalue weighted by Crippen LogP contribution is -2.24. The fraction of sp³-hybridized carbons (Fsp3) is 0.625. The second-order valence-corrected chi connectivity index (χ2v) is 4.99. The Morgan fingerprint density at radius 1 is 1.16 bits per heavy atom. The molecule has 0 saturated heterocycles. The molecule has 108 valence electrons. The summed E-state index contributed by atoms with van der Waals surface area (Å²) in [5.41, 5.74) is 3.66. The van der Waals surface area contributed by atoms with Crippen LogP contribution in [0.4, 0.5) is 0 Å². The van der Waals surface area contributed by atoms with E-state index in [9.17, 15) is 5.11 Å². The highest BCUT2D eigenvalue weighted by atomic mass is 16.5. The summed E-state index contributed by atoms with van der Waals surface area (Å²) in [7, 11) is 0. The number of aliphatic hydroxyl groups excluding tert-OH is 1. The number of hydrogen-bond donors (Lipinski definition) is 1. The summed E-state index contributed by atoms with van der Waals surface area (Å²) in [5.74, 6) is 0.0766. The number of benzene rings is 1. The zero-order valence-corrected chi connectivity index (χ0v) is 12.5. The quantitative estimate of drug-likeness (QED) is 0.735. The maximum atomic E-state index is 10.2. The highest BCUT2D eigenvalue weighted by molar-refractivity contribution is 5.33. The van der Waals surface area contributed by atoms with Gasteiger partial charge in [0.05, 0.1) is 25.9 Å². The van der Waals surface area contributed by atoms with Gasteiger partial charge in [-0.2, -0.15) is 0 Å². The molecule has 3 nitrogen and oxygen atoms in total. The lowest BCUT2D eigenvalue weighted by Gasteiger charge is -2.21. The van der Waals surface area contributed by atoms with Crippen molar-refractivity contribution in [3.8, 4) is 0 Å². The van der Waals surface area contributed by atoms with Crippen molar-refractivity contribution in [3.63, 3.8) is 0 Å². The van der Waals surface area contributed by atoms with Crippen LogP contribution < -0.4 is 0 Å². The van der Waals surface area contributed by atoms with Crippen LogP contribution in [0.25, 0.3) is 0 Å². The van der Waals surface area contributed by atoms with Crippen LogP contribution in [0.1, 0.15) is 36.5 Å². The molecule has 0 radical (unpaired) electrons. The number of aliphatic hydroxyl groups is 1. The molecule has 2 atom stereocenters. The number of aryl methyl sites for hydroxylation is 2. The lowest BCUT2D eigenvalue weighted by molar-refractivity contribution is -0.00135. The van der Waals surface area contributed by atoms with E-state index < -0.39 is 6.10 Å². The van der Waals surface area contributed by atoms with Crippen molar-refractivity contribution in [2.24, 2.45) is 0 Å². The predicted molar refractivity (Wildman–Crippen MR) is 77.6 cm³/mol. The topological polar surface area (TPSA) is 38.7 Å². The van der Waals surface area contributed by atoms with Gasteiger partial charge in [0.15, 0.2) is 0 Å². The van der Waals surface area contributed by atoms with Crippen molar-refractivity contribution in [1.82, 2.24) is 0 Å². The Hall–Kier alpha value is -0.900. The zero-order valence-electron chi connectivity index (χ0n) is 12.5. The molecule has 19 heavy (non-hydrogen) atoms. The minimum atomic E-state index is -0.483. The van der Waals surface area contributed by atoms with E-state index in [-0.39, 0.29) is 5.92 Å². The van der Waals surface area contributed by atoms with Crippen molar-refractivity contribution in [2.45, 2.75) is 39.7 Å². The monoisotopic (exact) mass is 266 g/mol. The third-order valence-electron chi connectivity index (χ3n) is 3.36. The van der Waals surface area contributed by atoms with E-state index in [2.05, 4.69) is 32.0 Å². The largest absolute Gasteiger partial charge is 0.390 e. The van der Waals surface area contributed by atoms with E-state index in [1.807, 2.05) is 13.8 Å². The zero-order chi connectivity index (χ0) is 14.3. The van der Waals surface area contributed by atoms with Gasteiger partial charge in [-0.05, 0) is 31.9 Å². The molecule has 0 aliphatic rings. The van der Waals surface area contributed by atoms with Gasteiger partial charge in [0.2, 0.25) is 0 Å². The molecule has 0 bridgehead atoms. The molecule has 0 amide bonds. The Bertz CT molecular complexity index is 376. The molecule has 0 aromatic heterocycles. The van der Waals surface area contributed by atoms with Gasteiger partial charge in [-0.1, -0.05) is 30.7 Å². The molecule has 0 heterocycles. The third kappa shape index (κ3) is 5.31. The first-order valence-corrected chi connectivity index (χ1v) is 6.97. The minimum Gasteiger partial charge on any atom is -0.390 e. The lowest BCUT2D eigenvalue weighted by atomic mass is 9.91. The van der Waals surface area contributed by atoms with Crippen LogP contribution >= 0.6 is 0 Å². The predicted octanol–water partition coefficient (Wildman–Crippen LogP) is 2.82.